The second kappa shape index (κ2) is 13.3. The van der Waals surface area contributed by atoms with Crippen molar-refractivity contribution in [3.05, 3.63) is 70.8 Å². The summed E-state index contributed by atoms with van der Waals surface area (Å²) in [5.41, 5.74) is 4.99. The zero-order chi connectivity index (χ0) is 29.6. The Balaban J connectivity index is 1.53. The van der Waals surface area contributed by atoms with Crippen molar-refractivity contribution < 1.29 is 19.1 Å². The Labute approximate surface area is 248 Å². The number of aryl methyl sites for hydroxylation is 1. The first-order valence-electron chi connectivity index (χ1n) is 15.0. The number of carbonyl (C=O) groups excluding carboxylic acids is 2. The monoisotopic (exact) mass is 570 g/mol. The number of hydrogen-bond donors (Lipinski definition) is 0. The molecule has 2 amide bonds. The van der Waals surface area contributed by atoms with Crippen LogP contribution >= 0.6 is 0 Å². The van der Waals surface area contributed by atoms with Gasteiger partial charge in [-0.2, -0.15) is 0 Å². The van der Waals surface area contributed by atoms with Gasteiger partial charge in [0, 0.05) is 57.1 Å². The van der Waals surface area contributed by atoms with Gasteiger partial charge in [0.2, 0.25) is 5.91 Å². The highest BCUT2D eigenvalue weighted by molar-refractivity contribution is 5.98. The van der Waals surface area contributed by atoms with Gasteiger partial charge in [-0.3, -0.25) is 9.59 Å². The second-order valence-corrected chi connectivity index (χ2v) is 11.3. The first-order chi connectivity index (χ1) is 20.4. The third-order valence-corrected chi connectivity index (χ3v) is 8.42. The van der Waals surface area contributed by atoms with Crippen molar-refractivity contribution in [3.8, 4) is 11.5 Å². The second-order valence-electron chi connectivity index (χ2n) is 11.3. The first kappa shape index (κ1) is 29.4. The normalized spacial score (nSPS) is 15.4. The predicted octanol–water partition coefficient (Wildman–Crippen LogP) is 5.76. The Morgan fingerprint density at radius 3 is 2.50 bits per heavy atom. The number of fused-ring (bicyclic) bond motifs is 1. The fraction of sp³-hybridized carbons (Fsp3) is 0.441. The first-order valence-corrected chi connectivity index (χ1v) is 15.0. The molecular weight excluding hydrogens is 528 g/mol. The smallest absolute Gasteiger partial charge is 0.258 e. The summed E-state index contributed by atoms with van der Waals surface area (Å²) in [7, 11) is 3.15. The van der Waals surface area contributed by atoms with E-state index in [0.717, 1.165) is 47.1 Å². The zero-order valence-electron chi connectivity index (χ0n) is 25.3. The van der Waals surface area contributed by atoms with Crippen molar-refractivity contribution in [1.29, 1.82) is 0 Å². The summed E-state index contributed by atoms with van der Waals surface area (Å²) < 4.78 is 11.2. The molecule has 0 unspecified atom stereocenters. The van der Waals surface area contributed by atoms with Crippen molar-refractivity contribution in [3.63, 3.8) is 0 Å². The van der Waals surface area contributed by atoms with Crippen LogP contribution in [0.3, 0.4) is 0 Å². The highest BCUT2D eigenvalue weighted by Gasteiger charge is 2.27. The molecular formula is C34H42N4O4. The predicted molar refractivity (Wildman–Crippen MR) is 166 cm³/mol. The van der Waals surface area contributed by atoms with Gasteiger partial charge in [-0.05, 0) is 69.4 Å². The molecule has 3 aromatic rings. The Kier molecular flexibility index (Phi) is 9.30. The van der Waals surface area contributed by atoms with Gasteiger partial charge in [0.25, 0.3) is 5.91 Å². The maximum absolute atomic E-state index is 14.3. The van der Waals surface area contributed by atoms with Crippen LogP contribution in [0.2, 0.25) is 0 Å². The molecule has 1 fully saturated rings. The van der Waals surface area contributed by atoms with Crippen molar-refractivity contribution in [2.75, 3.05) is 51.8 Å². The Hall–Kier alpha value is -4.07. The third kappa shape index (κ3) is 6.53. The van der Waals surface area contributed by atoms with Crippen molar-refractivity contribution in [1.82, 2.24) is 14.8 Å². The molecule has 0 bridgehead atoms. The van der Waals surface area contributed by atoms with Crippen LogP contribution in [0.25, 0.3) is 10.9 Å². The maximum atomic E-state index is 14.3. The van der Waals surface area contributed by atoms with E-state index in [2.05, 4.69) is 42.2 Å². The number of amides is 2. The molecule has 2 aromatic carbocycles. The van der Waals surface area contributed by atoms with E-state index in [9.17, 15) is 9.59 Å². The average molecular weight is 571 g/mol. The largest absolute Gasteiger partial charge is 0.493 e. The number of hydrogen-bond acceptors (Lipinski definition) is 6. The van der Waals surface area contributed by atoms with E-state index in [0.29, 0.717) is 56.3 Å². The minimum Gasteiger partial charge on any atom is -0.493 e. The SMILES string of the molecule is COc1cccc(C(=O)N(CCC2=CCCCC2)Cc2cc3cc(C)ccc3nc2N2CCN(C(C)=O)CC2)c1OC. The standard InChI is InChI=1S/C34H42N4O4/c1-24-13-14-30-27(21-24)22-28(33(35-30)37-19-17-36(18-20-37)25(2)39)23-38(16-15-26-9-6-5-7-10-26)34(40)29-11-8-12-31(41-3)32(29)42-4/h8-9,11-14,21-22H,5-7,10,15-20,23H2,1-4H3. The molecule has 0 saturated carbocycles. The lowest BCUT2D eigenvalue weighted by atomic mass is 9.97. The number of benzene rings is 2. The number of allylic oxidation sites excluding steroid dienone is 1. The van der Waals surface area contributed by atoms with E-state index < -0.39 is 0 Å². The number of rotatable bonds is 9. The molecule has 42 heavy (non-hydrogen) atoms. The van der Waals surface area contributed by atoms with Gasteiger partial charge < -0.3 is 24.2 Å². The molecule has 2 heterocycles. The number of ether oxygens (including phenoxy) is 2. The summed E-state index contributed by atoms with van der Waals surface area (Å²) in [6, 6.07) is 13.9. The molecule has 0 N–H and O–H groups in total. The van der Waals surface area contributed by atoms with Gasteiger partial charge >= 0.3 is 0 Å². The topological polar surface area (TPSA) is 75.2 Å². The van der Waals surface area contributed by atoms with Gasteiger partial charge in [-0.15, -0.1) is 0 Å². The van der Waals surface area contributed by atoms with Gasteiger partial charge in [-0.25, -0.2) is 4.98 Å². The number of anilines is 1. The van der Waals surface area contributed by atoms with Crippen LogP contribution in [0, 0.1) is 6.92 Å². The van der Waals surface area contributed by atoms with Crippen LogP contribution in [-0.4, -0.2) is 73.5 Å². The van der Waals surface area contributed by atoms with Gasteiger partial charge in [-0.1, -0.05) is 29.3 Å². The molecule has 222 valence electrons. The van der Waals surface area contributed by atoms with E-state index in [1.807, 2.05) is 15.9 Å². The summed E-state index contributed by atoms with van der Waals surface area (Å²) in [6.45, 7) is 7.40. The zero-order valence-corrected chi connectivity index (χ0v) is 25.3. The molecule has 1 aromatic heterocycles. The van der Waals surface area contributed by atoms with Gasteiger partial charge in [0.05, 0.1) is 25.3 Å². The highest BCUT2D eigenvalue weighted by Crippen LogP contribution is 2.33. The van der Waals surface area contributed by atoms with Crippen molar-refractivity contribution >= 4 is 28.5 Å². The molecule has 8 nitrogen and oxygen atoms in total. The summed E-state index contributed by atoms with van der Waals surface area (Å²) in [4.78, 5) is 37.5. The van der Waals surface area contributed by atoms with E-state index in [1.54, 1.807) is 33.3 Å². The van der Waals surface area contributed by atoms with Crippen LogP contribution in [0.15, 0.2) is 54.1 Å². The minimum absolute atomic E-state index is 0.0952. The van der Waals surface area contributed by atoms with E-state index in [-0.39, 0.29) is 11.8 Å². The molecule has 1 aliphatic heterocycles. The molecule has 5 rings (SSSR count). The fourth-order valence-electron chi connectivity index (χ4n) is 6.05. The molecule has 8 heteroatoms. The number of pyridine rings is 1. The Morgan fingerprint density at radius 1 is 1.00 bits per heavy atom. The number of nitrogens with zero attached hydrogens (tertiary/aromatic N) is 4. The highest BCUT2D eigenvalue weighted by atomic mass is 16.5. The number of para-hydroxylation sites is 1. The maximum Gasteiger partial charge on any atom is 0.258 e. The van der Waals surface area contributed by atoms with Crippen LogP contribution in [0.5, 0.6) is 11.5 Å². The molecule has 0 atom stereocenters. The third-order valence-electron chi connectivity index (χ3n) is 8.42. The molecule has 0 radical (unpaired) electrons. The van der Waals surface area contributed by atoms with E-state index in [1.165, 1.54) is 18.4 Å². The average Bonchev–Trinajstić information content (AvgIpc) is 3.02. The molecule has 1 saturated heterocycles. The van der Waals surface area contributed by atoms with Crippen LogP contribution in [0.4, 0.5) is 5.82 Å². The Bertz CT molecular complexity index is 1480. The summed E-state index contributed by atoms with van der Waals surface area (Å²) in [5, 5.41) is 1.05. The molecule has 1 aliphatic carbocycles. The van der Waals surface area contributed by atoms with Crippen LogP contribution in [0.1, 0.15) is 60.5 Å². The van der Waals surface area contributed by atoms with Crippen LogP contribution in [-0.2, 0) is 11.3 Å². The fourth-order valence-corrected chi connectivity index (χ4v) is 6.05. The van der Waals surface area contributed by atoms with E-state index in [4.69, 9.17) is 14.5 Å². The number of methoxy groups -OCH3 is 2. The van der Waals surface area contributed by atoms with Gasteiger partial charge in [0.15, 0.2) is 11.5 Å². The summed E-state index contributed by atoms with van der Waals surface area (Å²) in [6.07, 6.45) is 7.82. The number of carbonyl (C=O) groups is 2. The molecule has 0 spiro atoms. The summed E-state index contributed by atoms with van der Waals surface area (Å²) >= 11 is 0. The van der Waals surface area contributed by atoms with Crippen LogP contribution < -0.4 is 14.4 Å². The van der Waals surface area contributed by atoms with E-state index >= 15 is 0 Å². The number of aromatic nitrogens is 1. The number of piperazine rings is 1. The lowest BCUT2D eigenvalue weighted by molar-refractivity contribution is -0.129. The minimum atomic E-state index is -0.0983. The van der Waals surface area contributed by atoms with Gasteiger partial charge in [0.1, 0.15) is 5.82 Å². The lowest BCUT2D eigenvalue weighted by Crippen LogP contribution is -2.48. The Morgan fingerprint density at radius 2 is 1.81 bits per heavy atom. The molecule has 2 aliphatic rings. The van der Waals surface area contributed by atoms with Crippen molar-refractivity contribution in [2.24, 2.45) is 0 Å². The quantitative estimate of drug-likeness (QED) is 0.305. The lowest BCUT2D eigenvalue weighted by Gasteiger charge is -2.36. The van der Waals surface area contributed by atoms with Crippen molar-refractivity contribution in [2.45, 2.75) is 52.5 Å². The summed E-state index contributed by atoms with van der Waals surface area (Å²) in [5.74, 6) is 1.85.